The lowest BCUT2D eigenvalue weighted by atomic mass is 9.67. The van der Waals surface area contributed by atoms with Crippen molar-refractivity contribution in [2.75, 3.05) is 0 Å². The van der Waals surface area contributed by atoms with Crippen LogP contribution in [0.5, 0.6) is 0 Å². The molecule has 0 saturated heterocycles. The molecule has 1 saturated carbocycles. The van der Waals surface area contributed by atoms with Gasteiger partial charge in [0.05, 0.1) is 0 Å². The maximum absolute atomic E-state index is 2.54. The molecule has 0 heteroatoms. The summed E-state index contributed by atoms with van der Waals surface area (Å²) in [4.78, 5) is 0. The minimum atomic E-state index is 0.657. The van der Waals surface area contributed by atoms with Gasteiger partial charge in [-0.05, 0) is 60.7 Å². The highest BCUT2D eigenvalue weighted by molar-refractivity contribution is 4.88. The standard InChI is InChI=1S/C22H44/c1-8-11-19(7)22(9-2)14-10-12-20(13-15-22)21(18(5)6)16-17(3)4/h17-21H,8-16H2,1-7H3. The van der Waals surface area contributed by atoms with Crippen LogP contribution in [0.15, 0.2) is 0 Å². The van der Waals surface area contributed by atoms with Crippen molar-refractivity contribution in [1.82, 2.24) is 0 Å². The summed E-state index contributed by atoms with van der Waals surface area (Å²) in [6.45, 7) is 17.1. The Balaban J connectivity index is 2.77. The van der Waals surface area contributed by atoms with Gasteiger partial charge in [-0.15, -0.1) is 0 Å². The third kappa shape index (κ3) is 5.27. The number of rotatable bonds is 8. The first kappa shape index (κ1) is 20.0. The average molecular weight is 309 g/mol. The summed E-state index contributed by atoms with van der Waals surface area (Å²) in [5.74, 6) is 4.57. The maximum Gasteiger partial charge on any atom is -0.0274 e. The summed E-state index contributed by atoms with van der Waals surface area (Å²) >= 11 is 0. The Bertz CT molecular complexity index is 290. The Labute approximate surface area is 141 Å². The van der Waals surface area contributed by atoms with Crippen LogP contribution in [0.25, 0.3) is 0 Å². The first-order valence-electron chi connectivity index (χ1n) is 10.4. The molecule has 4 atom stereocenters. The highest BCUT2D eigenvalue weighted by Gasteiger charge is 2.37. The van der Waals surface area contributed by atoms with Gasteiger partial charge in [0.15, 0.2) is 0 Å². The predicted molar refractivity (Wildman–Crippen MR) is 101 cm³/mol. The molecular formula is C22H44. The molecule has 0 radical (unpaired) electrons. The van der Waals surface area contributed by atoms with Crippen molar-refractivity contribution >= 4 is 0 Å². The van der Waals surface area contributed by atoms with Crippen LogP contribution < -0.4 is 0 Å². The van der Waals surface area contributed by atoms with Crippen molar-refractivity contribution in [2.24, 2.45) is 35.0 Å². The van der Waals surface area contributed by atoms with Crippen molar-refractivity contribution in [2.45, 2.75) is 106 Å². The van der Waals surface area contributed by atoms with Crippen molar-refractivity contribution in [3.63, 3.8) is 0 Å². The number of hydrogen-bond acceptors (Lipinski definition) is 0. The van der Waals surface area contributed by atoms with Gasteiger partial charge < -0.3 is 0 Å². The molecule has 0 aromatic heterocycles. The zero-order chi connectivity index (χ0) is 16.8. The molecule has 1 aliphatic carbocycles. The zero-order valence-corrected chi connectivity index (χ0v) is 16.8. The molecule has 0 aromatic carbocycles. The lowest BCUT2D eigenvalue weighted by Gasteiger charge is -2.39. The van der Waals surface area contributed by atoms with E-state index in [0.717, 1.165) is 29.6 Å². The van der Waals surface area contributed by atoms with Gasteiger partial charge in [0.25, 0.3) is 0 Å². The summed E-state index contributed by atoms with van der Waals surface area (Å²) in [6, 6.07) is 0. The quantitative estimate of drug-likeness (QED) is 0.403. The van der Waals surface area contributed by atoms with E-state index in [1.807, 2.05) is 0 Å². The molecule has 0 aromatic rings. The molecule has 0 N–H and O–H groups in total. The molecule has 22 heavy (non-hydrogen) atoms. The average Bonchev–Trinajstić information content (AvgIpc) is 2.68. The predicted octanol–water partition coefficient (Wildman–Crippen LogP) is 7.72. The fourth-order valence-electron chi connectivity index (χ4n) is 5.37. The topological polar surface area (TPSA) is 0 Å². The lowest BCUT2D eigenvalue weighted by Crippen LogP contribution is -2.28. The third-order valence-electron chi connectivity index (χ3n) is 6.94. The molecule has 4 unspecified atom stereocenters. The van der Waals surface area contributed by atoms with Gasteiger partial charge >= 0.3 is 0 Å². The van der Waals surface area contributed by atoms with E-state index in [2.05, 4.69) is 48.5 Å². The van der Waals surface area contributed by atoms with E-state index in [1.165, 1.54) is 57.8 Å². The van der Waals surface area contributed by atoms with Crippen LogP contribution in [0.4, 0.5) is 0 Å². The van der Waals surface area contributed by atoms with E-state index in [1.54, 1.807) is 0 Å². The van der Waals surface area contributed by atoms with Crippen LogP contribution in [0.2, 0.25) is 0 Å². The van der Waals surface area contributed by atoms with Crippen LogP contribution in [0, 0.1) is 35.0 Å². The minimum Gasteiger partial charge on any atom is -0.0654 e. The molecule has 0 amide bonds. The molecule has 1 aliphatic rings. The highest BCUT2D eigenvalue weighted by atomic mass is 14.4. The Kier molecular flexibility index (Phi) is 8.50. The van der Waals surface area contributed by atoms with E-state index < -0.39 is 0 Å². The van der Waals surface area contributed by atoms with Crippen molar-refractivity contribution in [1.29, 1.82) is 0 Å². The fourth-order valence-corrected chi connectivity index (χ4v) is 5.37. The Morgan fingerprint density at radius 1 is 0.955 bits per heavy atom. The highest BCUT2D eigenvalue weighted by Crippen LogP contribution is 2.49. The van der Waals surface area contributed by atoms with E-state index in [0.29, 0.717) is 5.41 Å². The van der Waals surface area contributed by atoms with Crippen molar-refractivity contribution in [3.05, 3.63) is 0 Å². The first-order chi connectivity index (χ1) is 10.4. The molecule has 0 nitrogen and oxygen atoms in total. The van der Waals surface area contributed by atoms with Crippen molar-refractivity contribution in [3.8, 4) is 0 Å². The van der Waals surface area contributed by atoms with Gasteiger partial charge in [-0.2, -0.15) is 0 Å². The lowest BCUT2D eigenvalue weighted by molar-refractivity contribution is 0.119. The van der Waals surface area contributed by atoms with Crippen LogP contribution in [-0.2, 0) is 0 Å². The van der Waals surface area contributed by atoms with Gasteiger partial charge in [0, 0.05) is 0 Å². The van der Waals surface area contributed by atoms with Gasteiger partial charge in [-0.25, -0.2) is 0 Å². The second-order valence-electron chi connectivity index (χ2n) is 9.13. The largest absolute Gasteiger partial charge is 0.0654 e. The van der Waals surface area contributed by atoms with Gasteiger partial charge in [0.1, 0.15) is 0 Å². The third-order valence-corrected chi connectivity index (χ3v) is 6.94. The summed E-state index contributed by atoms with van der Waals surface area (Å²) in [5.41, 5.74) is 0.657. The van der Waals surface area contributed by atoms with E-state index in [4.69, 9.17) is 0 Å². The summed E-state index contributed by atoms with van der Waals surface area (Å²) < 4.78 is 0. The SMILES string of the molecule is CCCC(C)C1(CC)CCCC(C(CC(C)C)C(C)C)CC1. The van der Waals surface area contributed by atoms with Crippen LogP contribution in [0.3, 0.4) is 0 Å². The first-order valence-corrected chi connectivity index (χ1v) is 10.4. The molecule has 1 rings (SSSR count). The molecular weight excluding hydrogens is 264 g/mol. The molecule has 0 spiro atoms. The molecule has 0 aliphatic heterocycles. The molecule has 0 heterocycles. The smallest absolute Gasteiger partial charge is 0.0274 e. The summed E-state index contributed by atoms with van der Waals surface area (Å²) in [7, 11) is 0. The Morgan fingerprint density at radius 3 is 2.14 bits per heavy atom. The maximum atomic E-state index is 2.54. The van der Waals surface area contributed by atoms with Gasteiger partial charge in [-0.1, -0.05) is 80.6 Å². The Morgan fingerprint density at radius 2 is 1.64 bits per heavy atom. The van der Waals surface area contributed by atoms with E-state index in [9.17, 15) is 0 Å². The fraction of sp³-hybridized carbons (Fsp3) is 1.00. The van der Waals surface area contributed by atoms with Crippen molar-refractivity contribution < 1.29 is 0 Å². The monoisotopic (exact) mass is 308 g/mol. The summed E-state index contributed by atoms with van der Waals surface area (Å²) in [5, 5.41) is 0. The normalized spacial score (nSPS) is 29.6. The minimum absolute atomic E-state index is 0.657. The van der Waals surface area contributed by atoms with Crippen LogP contribution >= 0.6 is 0 Å². The Hall–Kier alpha value is 0. The second-order valence-corrected chi connectivity index (χ2v) is 9.13. The van der Waals surface area contributed by atoms with Crippen LogP contribution in [0.1, 0.15) is 106 Å². The van der Waals surface area contributed by atoms with Gasteiger partial charge in [0.2, 0.25) is 0 Å². The van der Waals surface area contributed by atoms with E-state index in [-0.39, 0.29) is 0 Å². The van der Waals surface area contributed by atoms with Gasteiger partial charge in [-0.3, -0.25) is 0 Å². The molecule has 0 bridgehead atoms. The molecule has 132 valence electrons. The zero-order valence-electron chi connectivity index (χ0n) is 16.8. The van der Waals surface area contributed by atoms with Crippen LogP contribution in [-0.4, -0.2) is 0 Å². The number of hydrogen-bond donors (Lipinski definition) is 0. The van der Waals surface area contributed by atoms with E-state index >= 15 is 0 Å². The second kappa shape index (κ2) is 9.33. The summed E-state index contributed by atoms with van der Waals surface area (Å²) in [6.07, 6.45) is 13.1. The molecule has 1 fully saturated rings.